The number of piperidine rings is 1. The molecular formula is C11H15N3O3. The molecule has 6 nitrogen and oxygen atoms in total. The molecule has 1 aromatic rings. The summed E-state index contributed by atoms with van der Waals surface area (Å²) in [5.74, 6) is 1.12. The first-order valence-corrected chi connectivity index (χ1v) is 5.82. The molecule has 3 heterocycles. The molecule has 2 fully saturated rings. The molecule has 2 atom stereocenters. The first-order valence-electron chi connectivity index (χ1n) is 5.82. The number of rotatable bonds is 2. The summed E-state index contributed by atoms with van der Waals surface area (Å²) in [6.07, 6.45) is 1.02. The fraction of sp³-hybridized carbons (Fsp3) is 0.636. The summed E-state index contributed by atoms with van der Waals surface area (Å²) in [4.78, 5) is 14.0. The molecule has 0 aliphatic carbocycles. The van der Waals surface area contributed by atoms with Gasteiger partial charge in [0.25, 0.3) is 11.8 Å². The predicted molar refractivity (Wildman–Crippen MR) is 58.9 cm³/mol. The molecule has 1 N–H and O–H groups in total. The maximum atomic E-state index is 12.1. The number of carbonyl (C=O) groups excluding carboxylic acids is 1. The third-order valence-electron chi connectivity index (χ3n) is 3.57. The lowest BCUT2D eigenvalue weighted by Gasteiger charge is -2.50. The molecule has 2 unspecified atom stereocenters. The zero-order chi connectivity index (χ0) is 11.8. The highest BCUT2D eigenvalue weighted by molar-refractivity contribution is 5.92. The smallest absolute Gasteiger partial charge is 0.292 e. The Kier molecular flexibility index (Phi) is 2.51. The molecule has 0 saturated carbocycles. The normalized spacial score (nSPS) is 27.2. The Morgan fingerprint density at radius 2 is 2.59 bits per heavy atom. The van der Waals surface area contributed by atoms with Crippen molar-refractivity contribution in [1.82, 2.24) is 15.4 Å². The Balaban J connectivity index is 1.70. The van der Waals surface area contributed by atoms with Gasteiger partial charge in [0.05, 0.1) is 13.2 Å². The van der Waals surface area contributed by atoms with Crippen LogP contribution in [0.2, 0.25) is 0 Å². The van der Waals surface area contributed by atoms with Crippen LogP contribution >= 0.6 is 0 Å². The number of amides is 1. The van der Waals surface area contributed by atoms with Crippen molar-refractivity contribution in [3.05, 3.63) is 11.8 Å². The number of methoxy groups -OCH3 is 1. The number of aromatic nitrogens is 1. The van der Waals surface area contributed by atoms with Gasteiger partial charge in [-0.3, -0.25) is 4.79 Å². The van der Waals surface area contributed by atoms with Crippen LogP contribution < -0.4 is 10.1 Å². The zero-order valence-electron chi connectivity index (χ0n) is 9.68. The van der Waals surface area contributed by atoms with Crippen molar-refractivity contribution in [3.63, 3.8) is 0 Å². The van der Waals surface area contributed by atoms with Crippen LogP contribution in [0.25, 0.3) is 0 Å². The van der Waals surface area contributed by atoms with Crippen LogP contribution in [0.15, 0.2) is 10.6 Å². The van der Waals surface area contributed by atoms with E-state index in [9.17, 15) is 4.79 Å². The van der Waals surface area contributed by atoms with Crippen molar-refractivity contribution in [2.24, 2.45) is 5.92 Å². The van der Waals surface area contributed by atoms with E-state index < -0.39 is 0 Å². The van der Waals surface area contributed by atoms with Crippen LogP contribution in [0.1, 0.15) is 17.0 Å². The Morgan fingerprint density at radius 1 is 1.71 bits per heavy atom. The van der Waals surface area contributed by atoms with E-state index in [4.69, 9.17) is 9.26 Å². The molecule has 3 rings (SSSR count). The second-order valence-electron chi connectivity index (χ2n) is 4.51. The topological polar surface area (TPSA) is 67.6 Å². The summed E-state index contributed by atoms with van der Waals surface area (Å²) < 4.78 is 9.87. The van der Waals surface area contributed by atoms with E-state index in [1.807, 2.05) is 4.90 Å². The monoisotopic (exact) mass is 237 g/mol. The number of hydrogen-bond acceptors (Lipinski definition) is 5. The zero-order valence-corrected chi connectivity index (χ0v) is 9.68. The van der Waals surface area contributed by atoms with Crippen molar-refractivity contribution >= 4 is 5.91 Å². The number of carbonyl (C=O) groups is 1. The number of nitrogens with one attached hydrogen (secondary N) is 1. The minimum atomic E-state index is -0.0797. The van der Waals surface area contributed by atoms with E-state index in [0.717, 1.165) is 26.1 Å². The molecule has 1 aromatic heterocycles. The van der Waals surface area contributed by atoms with Gasteiger partial charge >= 0.3 is 0 Å². The Hall–Kier alpha value is -1.56. The Morgan fingerprint density at radius 3 is 3.29 bits per heavy atom. The first kappa shape index (κ1) is 10.6. The van der Waals surface area contributed by atoms with Gasteiger partial charge in [0, 0.05) is 25.0 Å². The fourth-order valence-corrected chi connectivity index (χ4v) is 2.59. The van der Waals surface area contributed by atoms with Crippen molar-refractivity contribution in [2.75, 3.05) is 26.7 Å². The highest BCUT2D eigenvalue weighted by atomic mass is 16.5. The average molecular weight is 237 g/mol. The van der Waals surface area contributed by atoms with Crippen LogP contribution in [0.4, 0.5) is 0 Å². The van der Waals surface area contributed by atoms with Crippen molar-refractivity contribution in [1.29, 1.82) is 0 Å². The van der Waals surface area contributed by atoms with Gasteiger partial charge in [-0.2, -0.15) is 0 Å². The number of nitrogens with zero attached hydrogens (tertiary/aromatic N) is 2. The third-order valence-corrected chi connectivity index (χ3v) is 3.57. The maximum Gasteiger partial charge on any atom is 0.292 e. The highest BCUT2D eigenvalue weighted by Crippen LogP contribution is 2.31. The lowest BCUT2D eigenvalue weighted by molar-refractivity contribution is -0.000507. The molecule has 2 aliphatic rings. The van der Waals surface area contributed by atoms with E-state index in [2.05, 4.69) is 10.5 Å². The predicted octanol–water partition coefficient (Wildman–Crippen LogP) is 0.117. The van der Waals surface area contributed by atoms with Gasteiger partial charge in [-0.05, 0) is 18.1 Å². The van der Waals surface area contributed by atoms with Gasteiger partial charge < -0.3 is 19.5 Å². The molecule has 0 bridgehead atoms. The highest BCUT2D eigenvalue weighted by Gasteiger charge is 2.43. The molecule has 0 spiro atoms. The molecule has 1 amide bonds. The van der Waals surface area contributed by atoms with Gasteiger partial charge in [-0.25, -0.2) is 0 Å². The summed E-state index contributed by atoms with van der Waals surface area (Å²) >= 11 is 0. The summed E-state index contributed by atoms with van der Waals surface area (Å²) in [6.45, 7) is 2.79. The summed E-state index contributed by atoms with van der Waals surface area (Å²) in [5, 5.41) is 6.98. The standard InChI is InChI=1S/C11H15N3O3/c1-16-10-4-9(17-13-10)11(15)14-6-7-5-12-3-2-8(7)14/h4,7-8,12H,2-3,5-6H2,1H3. The molecule has 2 aliphatic heterocycles. The van der Waals surface area contributed by atoms with Crippen LogP contribution in [-0.2, 0) is 0 Å². The lowest BCUT2D eigenvalue weighted by atomic mass is 9.83. The lowest BCUT2D eigenvalue weighted by Crippen LogP contribution is -2.64. The van der Waals surface area contributed by atoms with Crippen LogP contribution in [-0.4, -0.2) is 48.7 Å². The number of likely N-dealkylation sites (tertiary alicyclic amines) is 1. The summed E-state index contributed by atoms with van der Waals surface area (Å²) in [7, 11) is 1.50. The van der Waals surface area contributed by atoms with Crippen molar-refractivity contribution in [2.45, 2.75) is 12.5 Å². The van der Waals surface area contributed by atoms with Crippen molar-refractivity contribution < 1.29 is 14.1 Å². The van der Waals surface area contributed by atoms with E-state index >= 15 is 0 Å². The number of fused-ring (bicyclic) bond motifs is 1. The van der Waals surface area contributed by atoms with Gasteiger partial charge in [0.1, 0.15) is 0 Å². The molecule has 17 heavy (non-hydrogen) atoms. The van der Waals surface area contributed by atoms with E-state index in [1.165, 1.54) is 13.2 Å². The number of ether oxygens (including phenoxy) is 1. The Bertz CT molecular complexity index is 431. The average Bonchev–Trinajstić information content (AvgIpc) is 2.79. The van der Waals surface area contributed by atoms with Crippen molar-refractivity contribution in [3.8, 4) is 5.88 Å². The van der Waals surface area contributed by atoms with E-state index in [-0.39, 0.29) is 11.7 Å². The SMILES string of the molecule is COc1cc(C(=O)N2CC3CNCCC32)on1. The second-order valence-corrected chi connectivity index (χ2v) is 4.51. The summed E-state index contributed by atoms with van der Waals surface area (Å²) in [5.41, 5.74) is 0. The molecule has 92 valence electrons. The molecular weight excluding hydrogens is 222 g/mol. The van der Waals surface area contributed by atoms with Crippen LogP contribution in [0.3, 0.4) is 0 Å². The minimum absolute atomic E-state index is 0.0797. The fourth-order valence-electron chi connectivity index (χ4n) is 2.59. The van der Waals surface area contributed by atoms with Crippen LogP contribution in [0.5, 0.6) is 5.88 Å². The van der Waals surface area contributed by atoms with E-state index in [0.29, 0.717) is 17.8 Å². The Labute approximate surface area is 98.9 Å². The second kappa shape index (κ2) is 4.03. The van der Waals surface area contributed by atoms with Gasteiger partial charge in [-0.1, -0.05) is 0 Å². The quantitative estimate of drug-likeness (QED) is 0.791. The third kappa shape index (κ3) is 1.68. The molecule has 0 radical (unpaired) electrons. The maximum absolute atomic E-state index is 12.1. The van der Waals surface area contributed by atoms with Crippen LogP contribution in [0, 0.1) is 5.92 Å². The molecule has 0 aromatic carbocycles. The number of hydrogen-bond donors (Lipinski definition) is 1. The minimum Gasteiger partial charge on any atom is -0.479 e. The van der Waals surface area contributed by atoms with E-state index in [1.54, 1.807) is 0 Å². The van der Waals surface area contributed by atoms with Gasteiger partial charge in [0.2, 0.25) is 5.76 Å². The first-order chi connectivity index (χ1) is 8.29. The summed E-state index contributed by atoms with van der Waals surface area (Å²) in [6, 6.07) is 1.90. The molecule has 2 saturated heterocycles. The van der Waals surface area contributed by atoms with Gasteiger partial charge in [0.15, 0.2) is 0 Å². The van der Waals surface area contributed by atoms with Gasteiger partial charge in [-0.15, -0.1) is 0 Å². The molecule has 6 heteroatoms. The largest absolute Gasteiger partial charge is 0.479 e.